The van der Waals surface area contributed by atoms with Gasteiger partial charge in [0.25, 0.3) is 0 Å². The van der Waals surface area contributed by atoms with Crippen molar-refractivity contribution in [1.82, 2.24) is 10.2 Å². The first-order valence-corrected chi connectivity index (χ1v) is 7.62. The topological polar surface area (TPSA) is 38.7 Å². The highest BCUT2D eigenvalue weighted by atomic mass is 16.3. The number of benzene rings is 1. The summed E-state index contributed by atoms with van der Waals surface area (Å²) in [5.41, 5.74) is 2.13. The second-order valence-corrected chi connectivity index (χ2v) is 6.25. The predicted octanol–water partition coefficient (Wildman–Crippen LogP) is 0.841. The van der Waals surface area contributed by atoms with Crippen LogP contribution in [0, 0.1) is 6.92 Å². The molecule has 4 heteroatoms. The molecule has 1 atom stereocenters. The summed E-state index contributed by atoms with van der Waals surface area (Å²) in [5.74, 6) is 0. The van der Waals surface area contributed by atoms with Crippen LogP contribution in [0.15, 0.2) is 24.3 Å². The van der Waals surface area contributed by atoms with Gasteiger partial charge in [-0.25, -0.2) is 0 Å². The third-order valence-corrected chi connectivity index (χ3v) is 4.48. The Labute approximate surface area is 121 Å². The molecular formula is C16H25N3O. The van der Waals surface area contributed by atoms with E-state index in [2.05, 4.69) is 46.3 Å². The summed E-state index contributed by atoms with van der Waals surface area (Å²) in [7, 11) is 0. The van der Waals surface area contributed by atoms with Crippen LogP contribution in [0.4, 0.5) is 5.69 Å². The summed E-state index contributed by atoms with van der Waals surface area (Å²) in [6.45, 7) is 8.81. The fourth-order valence-corrected chi connectivity index (χ4v) is 3.27. The van der Waals surface area contributed by atoms with Gasteiger partial charge < -0.3 is 15.3 Å². The summed E-state index contributed by atoms with van der Waals surface area (Å²) >= 11 is 0. The van der Waals surface area contributed by atoms with Crippen molar-refractivity contribution in [2.75, 3.05) is 50.7 Å². The van der Waals surface area contributed by atoms with E-state index in [-0.39, 0.29) is 0 Å². The Morgan fingerprint density at radius 2 is 2.05 bits per heavy atom. The highest BCUT2D eigenvalue weighted by Crippen LogP contribution is 2.20. The highest BCUT2D eigenvalue weighted by molar-refractivity contribution is 5.48. The third kappa shape index (κ3) is 3.14. The van der Waals surface area contributed by atoms with Gasteiger partial charge >= 0.3 is 0 Å². The molecule has 1 aromatic rings. The van der Waals surface area contributed by atoms with Crippen LogP contribution in [0.2, 0.25) is 0 Å². The van der Waals surface area contributed by atoms with Gasteiger partial charge in [0.15, 0.2) is 0 Å². The molecule has 0 amide bonds. The lowest BCUT2D eigenvalue weighted by molar-refractivity contribution is 0.0193. The molecule has 2 heterocycles. The van der Waals surface area contributed by atoms with E-state index in [9.17, 15) is 5.11 Å². The van der Waals surface area contributed by atoms with Crippen molar-refractivity contribution in [3.63, 3.8) is 0 Å². The molecule has 2 N–H and O–H groups in total. The molecule has 0 saturated carbocycles. The molecular weight excluding hydrogens is 250 g/mol. The van der Waals surface area contributed by atoms with Gasteiger partial charge in [0.2, 0.25) is 0 Å². The second-order valence-electron chi connectivity index (χ2n) is 6.25. The van der Waals surface area contributed by atoms with Crippen LogP contribution in [-0.4, -0.2) is 61.4 Å². The first kappa shape index (κ1) is 13.9. The fraction of sp³-hybridized carbons (Fsp3) is 0.625. The zero-order valence-electron chi connectivity index (χ0n) is 12.3. The monoisotopic (exact) mass is 275 g/mol. The van der Waals surface area contributed by atoms with Gasteiger partial charge in [-0.3, -0.25) is 4.90 Å². The number of aryl methyl sites for hydroxylation is 1. The number of nitrogens with one attached hydrogen (secondary N) is 1. The Morgan fingerprint density at radius 3 is 2.70 bits per heavy atom. The number of anilines is 1. The first-order chi connectivity index (χ1) is 9.65. The Morgan fingerprint density at radius 1 is 1.25 bits per heavy atom. The summed E-state index contributed by atoms with van der Waals surface area (Å²) in [4.78, 5) is 4.85. The van der Waals surface area contributed by atoms with Crippen molar-refractivity contribution in [3.05, 3.63) is 29.8 Å². The number of aliphatic hydroxyl groups is 1. The van der Waals surface area contributed by atoms with E-state index < -0.39 is 5.60 Å². The lowest BCUT2D eigenvalue weighted by Gasteiger charge is -2.39. The number of β-amino-alcohol motifs (C(OH)–C–C–N with tert-alkyl or cyclic N) is 1. The smallest absolute Gasteiger partial charge is 0.0909 e. The van der Waals surface area contributed by atoms with E-state index in [0.29, 0.717) is 0 Å². The molecule has 2 aliphatic rings. The molecule has 0 spiro atoms. The van der Waals surface area contributed by atoms with Crippen molar-refractivity contribution in [3.8, 4) is 0 Å². The zero-order valence-corrected chi connectivity index (χ0v) is 12.3. The maximum Gasteiger partial charge on any atom is 0.0909 e. The largest absolute Gasteiger partial charge is 0.387 e. The average molecular weight is 275 g/mol. The molecule has 2 fully saturated rings. The number of hydrogen-bond acceptors (Lipinski definition) is 4. The van der Waals surface area contributed by atoms with Gasteiger partial charge in [-0.05, 0) is 37.6 Å². The first-order valence-electron chi connectivity index (χ1n) is 7.62. The fourth-order valence-electron chi connectivity index (χ4n) is 3.27. The van der Waals surface area contributed by atoms with Crippen LogP contribution in [0.3, 0.4) is 0 Å². The van der Waals surface area contributed by atoms with E-state index in [4.69, 9.17) is 0 Å². The zero-order chi connectivity index (χ0) is 14.0. The summed E-state index contributed by atoms with van der Waals surface area (Å²) < 4.78 is 0. The molecule has 4 nitrogen and oxygen atoms in total. The van der Waals surface area contributed by atoms with Crippen LogP contribution in [0.1, 0.15) is 12.0 Å². The number of hydrogen-bond donors (Lipinski definition) is 2. The molecule has 1 unspecified atom stereocenters. The SMILES string of the molecule is Cc1cccc(N2CCN(CC3(O)CCNC3)CC2)c1. The van der Waals surface area contributed by atoms with E-state index in [1.807, 2.05) is 0 Å². The maximum atomic E-state index is 10.4. The van der Waals surface area contributed by atoms with Crippen LogP contribution >= 0.6 is 0 Å². The maximum absolute atomic E-state index is 10.4. The highest BCUT2D eigenvalue weighted by Gasteiger charge is 2.33. The molecule has 1 aromatic carbocycles. The standard InChI is InChI=1S/C16H25N3O/c1-14-3-2-4-15(11-14)19-9-7-18(8-10-19)13-16(20)5-6-17-12-16/h2-4,11,17,20H,5-10,12-13H2,1H3. The molecule has 2 saturated heterocycles. The summed E-state index contributed by atoms with van der Waals surface area (Å²) in [5, 5.41) is 13.7. The summed E-state index contributed by atoms with van der Waals surface area (Å²) in [6.07, 6.45) is 0.880. The number of piperazine rings is 1. The van der Waals surface area contributed by atoms with Gasteiger partial charge in [-0.15, -0.1) is 0 Å². The second kappa shape index (κ2) is 5.72. The van der Waals surface area contributed by atoms with Gasteiger partial charge in [-0.1, -0.05) is 12.1 Å². The lowest BCUT2D eigenvalue weighted by atomic mass is 10.0. The van der Waals surface area contributed by atoms with Gasteiger partial charge in [0.1, 0.15) is 0 Å². The Hall–Kier alpha value is -1.10. The van der Waals surface area contributed by atoms with E-state index in [0.717, 1.165) is 52.2 Å². The van der Waals surface area contributed by atoms with Crippen molar-refractivity contribution in [2.45, 2.75) is 18.9 Å². The summed E-state index contributed by atoms with van der Waals surface area (Å²) in [6, 6.07) is 8.72. The Kier molecular flexibility index (Phi) is 3.96. The molecule has 0 bridgehead atoms. The van der Waals surface area contributed by atoms with Crippen LogP contribution < -0.4 is 10.2 Å². The minimum absolute atomic E-state index is 0.508. The van der Waals surface area contributed by atoms with E-state index in [1.165, 1.54) is 11.3 Å². The van der Waals surface area contributed by atoms with Gasteiger partial charge in [-0.2, -0.15) is 0 Å². The van der Waals surface area contributed by atoms with Crippen LogP contribution in [-0.2, 0) is 0 Å². The Bertz CT molecular complexity index is 449. The molecule has 0 aliphatic carbocycles. The predicted molar refractivity (Wildman–Crippen MR) is 82.3 cm³/mol. The molecule has 0 radical (unpaired) electrons. The van der Waals surface area contributed by atoms with Crippen molar-refractivity contribution < 1.29 is 5.11 Å². The average Bonchev–Trinajstić information content (AvgIpc) is 2.86. The van der Waals surface area contributed by atoms with Crippen molar-refractivity contribution in [2.24, 2.45) is 0 Å². The Balaban J connectivity index is 1.54. The van der Waals surface area contributed by atoms with E-state index >= 15 is 0 Å². The van der Waals surface area contributed by atoms with Crippen molar-refractivity contribution >= 4 is 5.69 Å². The third-order valence-electron chi connectivity index (χ3n) is 4.48. The lowest BCUT2D eigenvalue weighted by Crippen LogP contribution is -2.52. The number of rotatable bonds is 3. The molecule has 2 aliphatic heterocycles. The normalized spacial score (nSPS) is 28.0. The quantitative estimate of drug-likeness (QED) is 0.857. The van der Waals surface area contributed by atoms with Crippen LogP contribution in [0.5, 0.6) is 0 Å². The van der Waals surface area contributed by atoms with Gasteiger partial charge in [0.05, 0.1) is 5.60 Å². The van der Waals surface area contributed by atoms with Crippen molar-refractivity contribution in [1.29, 1.82) is 0 Å². The molecule has 110 valence electrons. The minimum Gasteiger partial charge on any atom is -0.387 e. The van der Waals surface area contributed by atoms with E-state index in [1.54, 1.807) is 0 Å². The van der Waals surface area contributed by atoms with Gasteiger partial charge in [0, 0.05) is 45.0 Å². The minimum atomic E-state index is -0.508. The molecule has 0 aromatic heterocycles. The molecule has 3 rings (SSSR count). The molecule has 20 heavy (non-hydrogen) atoms. The van der Waals surface area contributed by atoms with Crippen LogP contribution in [0.25, 0.3) is 0 Å². The number of nitrogens with zero attached hydrogens (tertiary/aromatic N) is 2.